The van der Waals surface area contributed by atoms with Crippen LogP contribution in [0.25, 0.3) is 16.7 Å². The average molecular weight is 319 g/mol. The van der Waals surface area contributed by atoms with Gasteiger partial charge in [-0.2, -0.15) is 9.66 Å². The normalized spacial score (nSPS) is 21.3. The molecule has 2 unspecified atom stereocenters. The Hall–Kier alpha value is -2.54. The second-order valence-corrected chi connectivity index (χ2v) is 7.35. The maximum atomic E-state index is 9.63. The summed E-state index contributed by atoms with van der Waals surface area (Å²) in [5, 5.41) is 9.63. The summed E-state index contributed by atoms with van der Waals surface area (Å²) in [5.41, 5.74) is 4.86. The fraction of sp³-hybridized carbons (Fsp3) is 0.400. The third-order valence-corrected chi connectivity index (χ3v) is 5.13. The van der Waals surface area contributed by atoms with Gasteiger partial charge < -0.3 is 0 Å². The minimum Gasteiger partial charge on any atom is -0.292 e. The lowest BCUT2D eigenvalue weighted by molar-refractivity contribution is -0.467. The number of nitriles is 1. The van der Waals surface area contributed by atoms with Crippen LogP contribution in [-0.2, 0) is 0 Å². The summed E-state index contributed by atoms with van der Waals surface area (Å²) in [5.74, 6) is 2.56. The predicted octanol–water partition coefficient (Wildman–Crippen LogP) is 3.57. The molecule has 1 aliphatic rings. The molecule has 0 spiro atoms. The predicted molar refractivity (Wildman–Crippen MR) is 96.1 cm³/mol. The molecule has 0 amide bonds. The number of benzene rings is 1. The summed E-state index contributed by atoms with van der Waals surface area (Å²) < 4.78 is 2.23. The summed E-state index contributed by atoms with van der Waals surface area (Å²) in [7, 11) is 0. The molecule has 0 radical (unpaired) electrons. The Balaban J connectivity index is 2.03. The molecule has 0 bridgehead atoms. The van der Waals surface area contributed by atoms with E-state index in [1.807, 2.05) is 13.0 Å². The van der Waals surface area contributed by atoms with Gasteiger partial charge >= 0.3 is 0 Å². The van der Waals surface area contributed by atoms with Gasteiger partial charge in [0.15, 0.2) is 0 Å². The van der Waals surface area contributed by atoms with Crippen molar-refractivity contribution in [2.24, 2.45) is 11.8 Å². The third-order valence-electron chi connectivity index (χ3n) is 5.13. The topological polar surface area (TPSA) is 46.9 Å². The van der Waals surface area contributed by atoms with Gasteiger partial charge in [0.2, 0.25) is 11.5 Å². The lowest BCUT2D eigenvalue weighted by atomic mass is 9.92. The highest BCUT2D eigenvalue weighted by Crippen LogP contribution is 2.27. The molecule has 2 aromatic heterocycles. The van der Waals surface area contributed by atoms with E-state index in [1.54, 1.807) is 0 Å². The van der Waals surface area contributed by atoms with Gasteiger partial charge in [-0.05, 0) is 42.9 Å². The van der Waals surface area contributed by atoms with Crippen LogP contribution >= 0.6 is 0 Å². The molecule has 3 heterocycles. The number of fused-ring (bicyclic) bond motifs is 3. The number of aromatic nitrogens is 2. The molecule has 4 heteroatoms. The van der Waals surface area contributed by atoms with Crippen LogP contribution in [0.2, 0.25) is 0 Å². The van der Waals surface area contributed by atoms with Crippen LogP contribution in [0.3, 0.4) is 0 Å². The van der Waals surface area contributed by atoms with Gasteiger partial charge in [-0.25, -0.2) is 0 Å². The maximum Gasteiger partial charge on any atom is 0.250 e. The summed E-state index contributed by atoms with van der Waals surface area (Å²) in [4.78, 5) is 5.94. The van der Waals surface area contributed by atoms with Crippen LogP contribution in [0.15, 0.2) is 30.3 Å². The largest absolute Gasteiger partial charge is 0.292 e. The number of rotatable bonds is 1. The molecule has 1 saturated heterocycles. The number of nitrogens with zero attached hydrogens (tertiary/aromatic N) is 3. The highest BCUT2D eigenvalue weighted by atomic mass is 15.2. The van der Waals surface area contributed by atoms with Gasteiger partial charge in [0, 0.05) is 6.07 Å². The molecule has 1 fully saturated rings. The number of aryl methyl sites for hydroxylation is 1. The summed E-state index contributed by atoms with van der Waals surface area (Å²) in [6.07, 6.45) is 1.29. The smallest absolute Gasteiger partial charge is 0.250 e. The Morgan fingerprint density at radius 1 is 1.21 bits per heavy atom. The monoisotopic (exact) mass is 319 g/mol. The van der Waals surface area contributed by atoms with Crippen LogP contribution in [-0.4, -0.2) is 18.1 Å². The zero-order chi connectivity index (χ0) is 16.8. The third kappa shape index (κ3) is 2.24. The minimum absolute atomic E-state index is 0.686. The van der Waals surface area contributed by atoms with Gasteiger partial charge in [0.1, 0.15) is 22.7 Å². The van der Waals surface area contributed by atoms with Gasteiger partial charge in [0.25, 0.3) is 0 Å². The molecule has 1 aromatic carbocycles. The Labute approximate surface area is 142 Å². The van der Waals surface area contributed by atoms with Crippen molar-refractivity contribution in [2.45, 2.75) is 27.2 Å². The zero-order valence-corrected chi connectivity index (χ0v) is 14.5. The van der Waals surface area contributed by atoms with E-state index in [9.17, 15) is 5.26 Å². The Morgan fingerprint density at radius 3 is 2.62 bits per heavy atom. The van der Waals surface area contributed by atoms with Crippen molar-refractivity contribution in [1.29, 1.82) is 5.26 Å². The van der Waals surface area contributed by atoms with E-state index in [0.717, 1.165) is 40.9 Å². The van der Waals surface area contributed by atoms with E-state index in [1.165, 1.54) is 12.2 Å². The van der Waals surface area contributed by atoms with Gasteiger partial charge in [-0.3, -0.25) is 9.88 Å². The van der Waals surface area contributed by atoms with Crippen molar-refractivity contribution >= 4 is 22.5 Å². The van der Waals surface area contributed by atoms with E-state index in [0.29, 0.717) is 11.8 Å². The van der Waals surface area contributed by atoms with E-state index in [2.05, 4.69) is 58.5 Å². The molecule has 1 aliphatic heterocycles. The molecule has 3 aromatic rings. The Bertz CT molecular complexity index is 953. The number of anilines is 1. The van der Waals surface area contributed by atoms with Gasteiger partial charge in [-0.15, -0.1) is 0 Å². The first-order chi connectivity index (χ1) is 11.6. The second kappa shape index (κ2) is 5.52. The van der Waals surface area contributed by atoms with Crippen LogP contribution in [0.5, 0.6) is 0 Å². The first-order valence-electron chi connectivity index (χ1n) is 8.69. The minimum atomic E-state index is 0.686. The summed E-state index contributed by atoms with van der Waals surface area (Å²) in [6.45, 7) is 8.82. The van der Waals surface area contributed by atoms with Crippen molar-refractivity contribution in [3.05, 3.63) is 41.5 Å². The van der Waals surface area contributed by atoms with Crippen molar-refractivity contribution in [2.75, 3.05) is 18.0 Å². The number of nitrogens with one attached hydrogen (secondary N) is 1. The van der Waals surface area contributed by atoms with Crippen LogP contribution in [0.1, 0.15) is 31.4 Å². The number of hydrogen-bond acceptors (Lipinski definition) is 2. The quantitative estimate of drug-likeness (QED) is 0.697. The summed E-state index contributed by atoms with van der Waals surface area (Å²) in [6, 6.07) is 12.8. The van der Waals surface area contributed by atoms with Crippen LogP contribution < -0.4 is 9.30 Å². The summed E-state index contributed by atoms with van der Waals surface area (Å²) >= 11 is 0. The molecule has 4 nitrogen and oxygen atoms in total. The zero-order valence-electron chi connectivity index (χ0n) is 14.5. The Morgan fingerprint density at radius 2 is 1.92 bits per heavy atom. The molecule has 0 aliphatic carbocycles. The van der Waals surface area contributed by atoms with E-state index in [4.69, 9.17) is 0 Å². The number of piperidine rings is 1. The Kier molecular flexibility index (Phi) is 3.45. The van der Waals surface area contributed by atoms with Crippen molar-refractivity contribution in [1.82, 2.24) is 4.98 Å². The fourth-order valence-corrected chi connectivity index (χ4v) is 4.23. The number of H-pyrrole nitrogens is 1. The molecule has 4 rings (SSSR count). The van der Waals surface area contributed by atoms with E-state index in [-0.39, 0.29) is 0 Å². The standard InChI is InChI=1S/C20H22N4/c1-13-8-14(2)12-23(11-13)19-9-15(3)16(10-21)20-22-17-6-4-5-7-18(17)24(19)20/h4-7,9,13-14H,8,11-12H2,1-3H3/p+1. The number of aromatic amines is 1. The molecule has 2 atom stereocenters. The van der Waals surface area contributed by atoms with E-state index < -0.39 is 0 Å². The maximum absolute atomic E-state index is 9.63. The molecule has 1 N–H and O–H groups in total. The SMILES string of the molecule is Cc1cc(N2CC(C)CC(C)C2)[n+]2c([nH]c3ccccc32)c1C#N. The molecular formula is C20H23N4+. The second-order valence-electron chi connectivity index (χ2n) is 7.35. The highest BCUT2D eigenvalue weighted by molar-refractivity contribution is 5.77. The van der Waals surface area contributed by atoms with Crippen LogP contribution in [0.4, 0.5) is 5.82 Å². The first-order valence-corrected chi connectivity index (χ1v) is 8.69. The van der Waals surface area contributed by atoms with E-state index >= 15 is 0 Å². The molecule has 24 heavy (non-hydrogen) atoms. The molecule has 122 valence electrons. The average Bonchev–Trinajstić information content (AvgIpc) is 2.92. The highest BCUT2D eigenvalue weighted by Gasteiger charge is 2.30. The fourth-order valence-electron chi connectivity index (χ4n) is 4.23. The lowest BCUT2D eigenvalue weighted by Gasteiger charge is -2.32. The van der Waals surface area contributed by atoms with Crippen LogP contribution in [0, 0.1) is 30.1 Å². The number of imidazole rings is 1. The van der Waals surface area contributed by atoms with Crippen molar-refractivity contribution in [3.63, 3.8) is 0 Å². The molecular weight excluding hydrogens is 296 g/mol. The van der Waals surface area contributed by atoms with Crippen molar-refractivity contribution < 1.29 is 4.40 Å². The van der Waals surface area contributed by atoms with Crippen molar-refractivity contribution in [3.8, 4) is 6.07 Å². The van der Waals surface area contributed by atoms with Gasteiger partial charge in [-0.1, -0.05) is 26.0 Å². The first kappa shape index (κ1) is 15.0. The van der Waals surface area contributed by atoms with Gasteiger partial charge in [0.05, 0.1) is 13.1 Å². The number of para-hydroxylation sites is 2. The lowest BCUT2D eigenvalue weighted by Crippen LogP contribution is -2.44. The number of pyridine rings is 1. The number of hydrogen-bond donors (Lipinski definition) is 1. The molecule has 0 saturated carbocycles.